The summed E-state index contributed by atoms with van der Waals surface area (Å²) in [6.07, 6.45) is -1.18. The second kappa shape index (κ2) is 12.5. The van der Waals surface area contributed by atoms with Crippen LogP contribution in [0.3, 0.4) is 0 Å². The monoisotopic (exact) mass is 584 g/mol. The Bertz CT molecular complexity index is 1390. The second-order valence-corrected chi connectivity index (χ2v) is 10.5. The molecule has 4 aliphatic rings. The lowest BCUT2D eigenvalue weighted by molar-refractivity contribution is -0.138. The van der Waals surface area contributed by atoms with Gasteiger partial charge in [-0.1, -0.05) is 19.8 Å². The van der Waals surface area contributed by atoms with E-state index in [0.29, 0.717) is 26.1 Å². The standard InChI is InChI=1S/C25H30N8O7.C2H6/c26-20-16-21(33(11-28-16)24-18(35)17(34)19(40-24)23(37)29-13-4-5-13)31-15(30-20)3-1-2-12-6-8-32(9-7-12)25(38)39-14-10-27-22(14)36;1-2/h11-14,17-19,24,34-35H,2,4-10H2,(H,27,36)(H,29,37)(H2,26,30,31);1-2H3/t14?,17-,18?,19+,24-;/m1./s1. The van der Waals surface area contributed by atoms with Gasteiger partial charge in [0, 0.05) is 25.6 Å². The van der Waals surface area contributed by atoms with Gasteiger partial charge in [-0.25, -0.2) is 19.7 Å². The molecule has 0 aromatic carbocycles. The fourth-order valence-corrected chi connectivity index (χ4v) is 4.95. The molecule has 0 radical (unpaired) electrons. The number of aliphatic hydroxyl groups excluding tert-OH is 2. The zero-order chi connectivity index (χ0) is 30.0. The summed E-state index contributed by atoms with van der Waals surface area (Å²) in [5.41, 5.74) is 6.63. The van der Waals surface area contributed by atoms with Gasteiger partial charge in [0.1, 0.15) is 17.7 Å². The third kappa shape index (κ3) is 6.10. The Balaban J connectivity index is 0.00000173. The molecule has 4 fully saturated rings. The van der Waals surface area contributed by atoms with Crippen LogP contribution >= 0.6 is 0 Å². The molecular weight excluding hydrogens is 548 g/mol. The summed E-state index contributed by atoms with van der Waals surface area (Å²) in [4.78, 5) is 50.5. The van der Waals surface area contributed by atoms with Gasteiger partial charge in [-0.15, -0.1) is 0 Å². The van der Waals surface area contributed by atoms with Crippen molar-refractivity contribution in [1.29, 1.82) is 0 Å². The van der Waals surface area contributed by atoms with E-state index in [1.165, 1.54) is 10.9 Å². The molecule has 6 N–H and O–H groups in total. The molecule has 5 heterocycles. The number of fused-ring (bicyclic) bond motifs is 1. The SMILES string of the molecule is CC.Nc1nc(C#CCC2CCN(C(=O)OC3CNC3=O)CC2)nc2c1ncn2[C@@H]1O[C@H](C(=O)NC2CC2)[C@H](O)C1O. The van der Waals surface area contributed by atoms with E-state index < -0.39 is 42.6 Å². The molecule has 15 nitrogen and oxygen atoms in total. The number of piperidine rings is 1. The summed E-state index contributed by atoms with van der Waals surface area (Å²) in [5.74, 6) is 5.78. The first kappa shape index (κ1) is 29.5. The van der Waals surface area contributed by atoms with Gasteiger partial charge in [-0.2, -0.15) is 0 Å². The molecule has 3 aliphatic heterocycles. The molecule has 0 spiro atoms. The number of amides is 3. The number of hydrogen-bond acceptors (Lipinski definition) is 11. The zero-order valence-corrected chi connectivity index (χ0v) is 23.5. The van der Waals surface area contributed by atoms with Crippen molar-refractivity contribution in [2.45, 2.75) is 82.6 Å². The highest BCUT2D eigenvalue weighted by Crippen LogP contribution is 2.33. The van der Waals surface area contributed by atoms with Gasteiger partial charge in [-0.3, -0.25) is 14.2 Å². The first-order valence-corrected chi connectivity index (χ1v) is 14.3. The number of imidazole rings is 1. The fourth-order valence-electron chi connectivity index (χ4n) is 4.95. The van der Waals surface area contributed by atoms with E-state index in [0.717, 1.165) is 25.7 Å². The first-order valence-electron chi connectivity index (χ1n) is 14.3. The zero-order valence-electron chi connectivity index (χ0n) is 23.5. The number of carbonyl (C=O) groups is 3. The lowest BCUT2D eigenvalue weighted by atomic mass is 9.94. The number of β-lactam (4-membered cyclic amide) rings is 1. The number of hydrogen-bond donors (Lipinski definition) is 5. The van der Waals surface area contributed by atoms with Crippen molar-refractivity contribution < 1.29 is 34.1 Å². The van der Waals surface area contributed by atoms with Crippen LogP contribution in [-0.4, -0.2) is 103 Å². The summed E-state index contributed by atoms with van der Waals surface area (Å²) in [6.45, 7) is 5.39. The van der Waals surface area contributed by atoms with Crippen molar-refractivity contribution in [2.24, 2.45) is 5.92 Å². The van der Waals surface area contributed by atoms with Gasteiger partial charge in [0.25, 0.3) is 11.8 Å². The molecule has 42 heavy (non-hydrogen) atoms. The van der Waals surface area contributed by atoms with E-state index in [2.05, 4.69) is 37.4 Å². The van der Waals surface area contributed by atoms with E-state index in [1.54, 1.807) is 4.90 Å². The van der Waals surface area contributed by atoms with Gasteiger partial charge < -0.3 is 41.0 Å². The molecule has 0 bridgehead atoms. The number of aromatic nitrogens is 4. The molecule has 15 heteroatoms. The Labute approximate surface area is 242 Å². The molecular formula is C27H36N8O7. The Morgan fingerprint density at radius 1 is 1.19 bits per heavy atom. The average Bonchev–Trinajstić information content (AvgIpc) is 3.63. The predicted molar refractivity (Wildman–Crippen MR) is 147 cm³/mol. The number of ether oxygens (including phenoxy) is 2. The van der Waals surface area contributed by atoms with E-state index in [1.807, 2.05) is 13.8 Å². The van der Waals surface area contributed by atoms with Crippen LogP contribution < -0.4 is 16.4 Å². The van der Waals surface area contributed by atoms with Gasteiger partial charge in [-0.05, 0) is 37.5 Å². The van der Waals surface area contributed by atoms with Crippen LogP contribution in [-0.2, 0) is 19.1 Å². The molecule has 1 aliphatic carbocycles. The van der Waals surface area contributed by atoms with Crippen LogP contribution in [0, 0.1) is 17.8 Å². The number of likely N-dealkylation sites (tertiary alicyclic amines) is 1. The van der Waals surface area contributed by atoms with E-state index in [-0.39, 0.29) is 40.7 Å². The smallest absolute Gasteiger partial charge is 0.410 e. The topological polar surface area (TPSA) is 207 Å². The van der Waals surface area contributed by atoms with Crippen LogP contribution in [0.4, 0.5) is 10.6 Å². The number of nitrogens with two attached hydrogens (primary N) is 1. The third-order valence-electron chi connectivity index (χ3n) is 7.60. The Hall–Kier alpha value is -4.00. The largest absolute Gasteiger partial charge is 0.434 e. The minimum atomic E-state index is -1.43. The number of carbonyl (C=O) groups excluding carboxylic acids is 3. The summed E-state index contributed by atoms with van der Waals surface area (Å²) in [7, 11) is 0. The summed E-state index contributed by atoms with van der Waals surface area (Å²) < 4.78 is 12.4. The molecule has 1 saturated carbocycles. The van der Waals surface area contributed by atoms with Crippen molar-refractivity contribution in [3.63, 3.8) is 0 Å². The van der Waals surface area contributed by atoms with Gasteiger partial charge in [0.15, 0.2) is 29.9 Å². The highest BCUT2D eigenvalue weighted by atomic mass is 16.6. The normalized spacial score (nSPS) is 27.2. The van der Waals surface area contributed by atoms with Crippen LogP contribution in [0.25, 0.3) is 11.2 Å². The van der Waals surface area contributed by atoms with Crippen LogP contribution in [0.2, 0.25) is 0 Å². The summed E-state index contributed by atoms with van der Waals surface area (Å²) in [5, 5.41) is 26.4. The van der Waals surface area contributed by atoms with E-state index in [9.17, 15) is 24.6 Å². The first-order chi connectivity index (χ1) is 20.3. The number of rotatable bonds is 5. The molecule has 226 valence electrons. The highest BCUT2D eigenvalue weighted by molar-refractivity contribution is 5.88. The number of aliphatic hydroxyl groups is 2. The Kier molecular flexibility index (Phi) is 8.76. The van der Waals surface area contributed by atoms with Crippen LogP contribution in [0.15, 0.2) is 6.33 Å². The van der Waals surface area contributed by atoms with Gasteiger partial charge in [0.05, 0.1) is 12.9 Å². The lowest BCUT2D eigenvalue weighted by Crippen LogP contribution is -2.56. The van der Waals surface area contributed by atoms with Crippen LogP contribution in [0.5, 0.6) is 0 Å². The highest BCUT2D eigenvalue weighted by Gasteiger charge is 2.48. The summed E-state index contributed by atoms with van der Waals surface area (Å²) >= 11 is 0. The van der Waals surface area contributed by atoms with Crippen molar-refractivity contribution >= 4 is 34.9 Å². The lowest BCUT2D eigenvalue weighted by Gasteiger charge is -2.33. The van der Waals surface area contributed by atoms with Crippen molar-refractivity contribution in [3.8, 4) is 11.8 Å². The Morgan fingerprint density at radius 2 is 1.93 bits per heavy atom. The molecule has 3 saturated heterocycles. The molecule has 3 amide bonds. The van der Waals surface area contributed by atoms with Crippen molar-refractivity contribution in [2.75, 3.05) is 25.4 Å². The van der Waals surface area contributed by atoms with Crippen LogP contribution in [0.1, 0.15) is 58.0 Å². The number of nitrogens with one attached hydrogen (secondary N) is 2. The number of anilines is 1. The van der Waals surface area contributed by atoms with Crippen molar-refractivity contribution in [1.82, 2.24) is 35.1 Å². The fraction of sp³-hybridized carbons (Fsp3) is 0.630. The maximum atomic E-state index is 12.5. The van der Waals surface area contributed by atoms with Gasteiger partial charge >= 0.3 is 6.09 Å². The van der Waals surface area contributed by atoms with E-state index >= 15 is 0 Å². The molecule has 2 unspecified atom stereocenters. The number of nitrogens with zero attached hydrogens (tertiary/aromatic N) is 5. The predicted octanol–water partition coefficient (Wildman–Crippen LogP) is -0.579. The molecule has 6 rings (SSSR count). The minimum Gasteiger partial charge on any atom is -0.434 e. The summed E-state index contributed by atoms with van der Waals surface area (Å²) in [6, 6.07) is 0.0768. The Morgan fingerprint density at radius 3 is 2.57 bits per heavy atom. The molecule has 2 aromatic heterocycles. The maximum Gasteiger partial charge on any atom is 0.410 e. The maximum absolute atomic E-state index is 12.5. The van der Waals surface area contributed by atoms with Crippen molar-refractivity contribution in [3.05, 3.63) is 12.2 Å². The van der Waals surface area contributed by atoms with E-state index in [4.69, 9.17) is 15.2 Å². The van der Waals surface area contributed by atoms with Gasteiger partial charge in [0.2, 0.25) is 5.82 Å². The minimum absolute atomic E-state index is 0.0768. The molecule has 2 aromatic rings. The quantitative estimate of drug-likeness (QED) is 0.222. The second-order valence-electron chi connectivity index (χ2n) is 10.5. The average molecular weight is 585 g/mol. The third-order valence-corrected chi connectivity index (χ3v) is 7.60. The molecule has 5 atom stereocenters. The number of nitrogen functional groups attached to an aromatic ring is 1.